The molecule has 2 N–H and O–H groups in total. The average Bonchev–Trinajstić information content (AvgIpc) is 2.82. The minimum absolute atomic E-state index is 0.308. The second-order valence-corrected chi connectivity index (χ2v) is 5.59. The van der Waals surface area contributed by atoms with Gasteiger partial charge in [0.05, 0.1) is 17.8 Å². The molecule has 0 unspecified atom stereocenters. The summed E-state index contributed by atoms with van der Waals surface area (Å²) in [5.41, 5.74) is 0.707. The molecular weight excluding hydrogens is 388 g/mol. The van der Waals surface area contributed by atoms with Crippen molar-refractivity contribution >= 4 is 40.3 Å². The predicted molar refractivity (Wildman–Crippen MR) is 89.0 cm³/mol. The first-order chi connectivity index (χ1) is 10.9. The van der Waals surface area contributed by atoms with Gasteiger partial charge in [0.25, 0.3) is 0 Å². The lowest BCUT2D eigenvalue weighted by molar-refractivity contribution is -0.139. The van der Waals surface area contributed by atoms with E-state index in [1.54, 1.807) is 25.3 Å². The van der Waals surface area contributed by atoms with Gasteiger partial charge < -0.3 is 14.6 Å². The van der Waals surface area contributed by atoms with E-state index in [2.05, 4.69) is 31.2 Å². The van der Waals surface area contributed by atoms with Crippen molar-refractivity contribution in [1.29, 1.82) is 0 Å². The third-order valence-electron chi connectivity index (χ3n) is 2.73. The van der Waals surface area contributed by atoms with Gasteiger partial charge in [0.2, 0.25) is 4.77 Å². The predicted octanol–water partition coefficient (Wildman–Crippen LogP) is 2.37. The number of ether oxygens (including phenoxy) is 2. The van der Waals surface area contributed by atoms with E-state index in [0.717, 1.165) is 0 Å². The molecule has 8 nitrogen and oxygen atoms in total. The molecule has 0 radical (unpaired) electrons. The molecule has 0 fully saturated rings. The number of carboxylic acids is 1. The first-order valence-corrected chi connectivity index (χ1v) is 7.53. The van der Waals surface area contributed by atoms with Gasteiger partial charge in [0, 0.05) is 0 Å². The van der Waals surface area contributed by atoms with Gasteiger partial charge in [0.15, 0.2) is 18.1 Å². The van der Waals surface area contributed by atoms with Crippen LogP contribution in [0.3, 0.4) is 0 Å². The Morgan fingerprint density at radius 3 is 2.91 bits per heavy atom. The highest BCUT2D eigenvalue weighted by molar-refractivity contribution is 9.10. The van der Waals surface area contributed by atoms with Crippen LogP contribution in [0.5, 0.6) is 11.5 Å². The molecule has 1 heterocycles. The van der Waals surface area contributed by atoms with Crippen molar-refractivity contribution in [3.05, 3.63) is 32.8 Å². The third-order valence-corrected chi connectivity index (χ3v) is 3.58. The van der Waals surface area contributed by atoms with Gasteiger partial charge in [-0.2, -0.15) is 14.9 Å². The summed E-state index contributed by atoms with van der Waals surface area (Å²) in [6.45, 7) is 1.30. The number of aryl methyl sites for hydroxylation is 1. The monoisotopic (exact) mass is 400 g/mol. The molecule has 0 aliphatic rings. The number of benzene rings is 1. The number of nitrogens with one attached hydrogen (secondary N) is 1. The molecule has 0 saturated carbocycles. The van der Waals surface area contributed by atoms with Crippen LogP contribution in [0.2, 0.25) is 0 Å². The van der Waals surface area contributed by atoms with Crippen LogP contribution in [0.15, 0.2) is 21.7 Å². The minimum atomic E-state index is -1.07. The zero-order chi connectivity index (χ0) is 17.0. The lowest BCUT2D eigenvalue weighted by atomic mass is 10.2. The van der Waals surface area contributed by atoms with Crippen molar-refractivity contribution in [2.24, 2.45) is 5.10 Å². The molecule has 0 aliphatic heterocycles. The maximum Gasteiger partial charge on any atom is 0.341 e. The van der Waals surface area contributed by atoms with Crippen LogP contribution in [0, 0.1) is 11.7 Å². The van der Waals surface area contributed by atoms with Crippen LogP contribution in [0.25, 0.3) is 0 Å². The Morgan fingerprint density at radius 2 is 2.35 bits per heavy atom. The Balaban J connectivity index is 2.32. The summed E-state index contributed by atoms with van der Waals surface area (Å²) in [5.74, 6) is 0.242. The number of halogens is 1. The van der Waals surface area contributed by atoms with E-state index < -0.39 is 12.6 Å². The molecule has 10 heteroatoms. The zero-order valence-electron chi connectivity index (χ0n) is 12.2. The van der Waals surface area contributed by atoms with E-state index in [4.69, 9.17) is 26.8 Å². The summed E-state index contributed by atoms with van der Waals surface area (Å²) in [4.78, 5) is 10.6. The van der Waals surface area contributed by atoms with Crippen LogP contribution in [-0.2, 0) is 4.79 Å². The summed E-state index contributed by atoms with van der Waals surface area (Å²) in [6.07, 6.45) is 1.58. The lowest BCUT2D eigenvalue weighted by Crippen LogP contribution is -2.10. The van der Waals surface area contributed by atoms with E-state index in [9.17, 15) is 4.79 Å². The van der Waals surface area contributed by atoms with Crippen LogP contribution in [0.1, 0.15) is 11.4 Å². The quantitative estimate of drug-likeness (QED) is 0.569. The highest BCUT2D eigenvalue weighted by Gasteiger charge is 2.12. The number of aromatic nitrogens is 3. The molecule has 23 heavy (non-hydrogen) atoms. The number of carboxylic acid groups (broad SMARTS) is 1. The fourth-order valence-corrected chi connectivity index (χ4v) is 2.52. The van der Waals surface area contributed by atoms with E-state index in [0.29, 0.717) is 32.1 Å². The number of hydrogen-bond acceptors (Lipinski definition) is 6. The fraction of sp³-hybridized carbons (Fsp3) is 0.231. The van der Waals surface area contributed by atoms with Gasteiger partial charge in [-0.3, -0.25) is 5.10 Å². The molecular formula is C13H13BrN4O4S. The van der Waals surface area contributed by atoms with E-state index in [-0.39, 0.29) is 0 Å². The van der Waals surface area contributed by atoms with Gasteiger partial charge in [-0.1, -0.05) is 0 Å². The molecule has 1 aromatic heterocycles. The summed E-state index contributed by atoms with van der Waals surface area (Å²) in [5, 5.41) is 19.5. The fourth-order valence-electron chi connectivity index (χ4n) is 1.72. The number of rotatable bonds is 6. The smallest absolute Gasteiger partial charge is 0.341 e. The number of methoxy groups -OCH3 is 1. The summed E-state index contributed by atoms with van der Waals surface area (Å²) < 4.78 is 12.8. The van der Waals surface area contributed by atoms with E-state index >= 15 is 0 Å². The van der Waals surface area contributed by atoms with Crippen molar-refractivity contribution in [2.45, 2.75) is 6.92 Å². The second-order valence-electron chi connectivity index (χ2n) is 4.35. The number of nitrogens with zero attached hydrogens (tertiary/aromatic N) is 3. The molecule has 1 aromatic carbocycles. The van der Waals surface area contributed by atoms with Crippen LogP contribution < -0.4 is 9.47 Å². The Hall–Kier alpha value is -2.20. The Kier molecular flexibility index (Phi) is 5.50. The van der Waals surface area contributed by atoms with Crippen LogP contribution in [-0.4, -0.2) is 45.9 Å². The van der Waals surface area contributed by atoms with Crippen molar-refractivity contribution in [3.63, 3.8) is 0 Å². The summed E-state index contributed by atoms with van der Waals surface area (Å²) >= 11 is 8.39. The first kappa shape index (κ1) is 17.2. The SMILES string of the molecule is COc1cc(/C=N\n2c(C)n[nH]c2=S)cc(Br)c1OCC(=O)O. The summed E-state index contributed by atoms with van der Waals surface area (Å²) in [6, 6.07) is 3.40. The van der Waals surface area contributed by atoms with E-state index in [1.807, 2.05) is 0 Å². The minimum Gasteiger partial charge on any atom is -0.493 e. The van der Waals surface area contributed by atoms with Gasteiger partial charge in [0.1, 0.15) is 5.82 Å². The second kappa shape index (κ2) is 7.38. The Morgan fingerprint density at radius 1 is 1.61 bits per heavy atom. The lowest BCUT2D eigenvalue weighted by Gasteiger charge is -2.12. The topological polar surface area (TPSA) is 102 Å². The molecule has 0 saturated heterocycles. The van der Waals surface area contributed by atoms with E-state index in [1.165, 1.54) is 11.8 Å². The average molecular weight is 401 g/mol. The number of aliphatic carboxylic acids is 1. The van der Waals surface area contributed by atoms with Crippen LogP contribution in [0.4, 0.5) is 0 Å². The third kappa shape index (κ3) is 4.17. The van der Waals surface area contributed by atoms with Crippen molar-refractivity contribution in [3.8, 4) is 11.5 Å². The van der Waals surface area contributed by atoms with Crippen LogP contribution >= 0.6 is 28.1 Å². The van der Waals surface area contributed by atoms with Gasteiger partial charge >= 0.3 is 5.97 Å². The molecule has 0 bridgehead atoms. The number of carbonyl (C=O) groups is 1. The van der Waals surface area contributed by atoms with Gasteiger partial charge in [-0.25, -0.2) is 4.79 Å². The van der Waals surface area contributed by atoms with Crippen molar-refractivity contribution in [2.75, 3.05) is 13.7 Å². The number of H-pyrrole nitrogens is 1. The highest BCUT2D eigenvalue weighted by atomic mass is 79.9. The molecule has 0 aliphatic carbocycles. The Bertz CT molecular complexity index is 815. The number of aromatic amines is 1. The largest absolute Gasteiger partial charge is 0.493 e. The number of hydrogen-bond donors (Lipinski definition) is 2. The van der Waals surface area contributed by atoms with Gasteiger partial charge in [-0.05, 0) is 52.8 Å². The molecule has 122 valence electrons. The molecule has 2 rings (SSSR count). The normalized spacial score (nSPS) is 10.9. The molecule has 0 spiro atoms. The maximum atomic E-state index is 10.6. The van der Waals surface area contributed by atoms with Crippen molar-refractivity contribution < 1.29 is 19.4 Å². The maximum absolute atomic E-state index is 10.6. The Labute approximate surface area is 144 Å². The summed E-state index contributed by atoms with van der Waals surface area (Å²) in [7, 11) is 1.46. The first-order valence-electron chi connectivity index (χ1n) is 6.33. The molecule has 0 amide bonds. The highest BCUT2D eigenvalue weighted by Crippen LogP contribution is 2.36. The van der Waals surface area contributed by atoms with Crippen molar-refractivity contribution in [1.82, 2.24) is 14.9 Å². The molecule has 2 aromatic rings. The van der Waals surface area contributed by atoms with Gasteiger partial charge in [-0.15, -0.1) is 0 Å². The standard InChI is InChI=1S/C13H13BrN4O4S/c1-7-16-17-13(23)18(7)15-5-8-3-9(14)12(10(4-8)21-2)22-6-11(19)20/h3-5H,6H2,1-2H3,(H,17,23)(H,19,20)/b15-5-. The molecule has 0 atom stereocenters. The zero-order valence-corrected chi connectivity index (χ0v) is 14.6.